The zero-order valence-electron chi connectivity index (χ0n) is 11.2. The maximum absolute atomic E-state index is 3.84. The van der Waals surface area contributed by atoms with Crippen LogP contribution in [0.5, 0.6) is 0 Å². The summed E-state index contributed by atoms with van der Waals surface area (Å²) in [4.78, 5) is 0. The summed E-state index contributed by atoms with van der Waals surface area (Å²) in [6, 6.07) is 12.3. The van der Waals surface area contributed by atoms with E-state index < -0.39 is 0 Å². The molecule has 2 rings (SSSR count). The summed E-state index contributed by atoms with van der Waals surface area (Å²) < 4.78 is 0. The van der Waals surface area contributed by atoms with Crippen LogP contribution in [0.3, 0.4) is 0 Å². The summed E-state index contributed by atoms with van der Waals surface area (Å²) >= 11 is 0. The Kier molecular flexibility index (Phi) is 4.61. The standard InChI is InChI=1S/C16H25N/c1-3-5-11-15(14-9-7-6-8-10-14)17-16-12-13(16)4-2/h6-10,13,15-17H,3-5,11-12H2,1-2H3. The predicted octanol–water partition coefficient (Wildman–Crippen LogP) is 4.31. The number of hydrogen-bond donors (Lipinski definition) is 1. The van der Waals surface area contributed by atoms with Crippen molar-refractivity contribution in [3.63, 3.8) is 0 Å². The van der Waals surface area contributed by atoms with Crippen molar-refractivity contribution < 1.29 is 0 Å². The number of benzene rings is 1. The van der Waals surface area contributed by atoms with Crippen LogP contribution in [0.1, 0.15) is 57.6 Å². The Hall–Kier alpha value is -0.820. The highest BCUT2D eigenvalue weighted by Gasteiger charge is 2.36. The van der Waals surface area contributed by atoms with Crippen LogP contribution < -0.4 is 5.32 Å². The molecular weight excluding hydrogens is 206 g/mol. The van der Waals surface area contributed by atoms with Crippen molar-refractivity contribution in [1.82, 2.24) is 5.32 Å². The molecule has 0 spiro atoms. The third-order valence-corrected chi connectivity index (χ3v) is 3.91. The first-order valence-corrected chi connectivity index (χ1v) is 7.16. The molecule has 1 aromatic carbocycles. The molecule has 0 aromatic heterocycles. The van der Waals surface area contributed by atoms with E-state index in [9.17, 15) is 0 Å². The second kappa shape index (κ2) is 6.20. The van der Waals surface area contributed by atoms with Crippen LogP contribution in [0.4, 0.5) is 0 Å². The van der Waals surface area contributed by atoms with Crippen molar-refractivity contribution >= 4 is 0 Å². The number of nitrogens with one attached hydrogen (secondary N) is 1. The highest BCUT2D eigenvalue weighted by Crippen LogP contribution is 2.36. The lowest BCUT2D eigenvalue weighted by atomic mass is 10.0. The minimum atomic E-state index is 0.567. The number of rotatable bonds is 7. The largest absolute Gasteiger partial charge is 0.307 e. The Balaban J connectivity index is 1.94. The molecule has 1 saturated carbocycles. The zero-order chi connectivity index (χ0) is 12.1. The average Bonchev–Trinajstić information content (AvgIpc) is 3.14. The van der Waals surface area contributed by atoms with Crippen LogP contribution in [-0.2, 0) is 0 Å². The third-order valence-electron chi connectivity index (χ3n) is 3.91. The lowest BCUT2D eigenvalue weighted by Gasteiger charge is -2.19. The topological polar surface area (TPSA) is 12.0 Å². The fourth-order valence-corrected chi connectivity index (χ4v) is 2.60. The lowest BCUT2D eigenvalue weighted by molar-refractivity contribution is 0.463. The average molecular weight is 231 g/mol. The van der Waals surface area contributed by atoms with Crippen LogP contribution in [0.25, 0.3) is 0 Å². The van der Waals surface area contributed by atoms with Crippen molar-refractivity contribution in [1.29, 1.82) is 0 Å². The van der Waals surface area contributed by atoms with E-state index >= 15 is 0 Å². The van der Waals surface area contributed by atoms with E-state index in [1.54, 1.807) is 0 Å². The van der Waals surface area contributed by atoms with E-state index in [2.05, 4.69) is 49.5 Å². The molecule has 3 unspecified atom stereocenters. The maximum atomic E-state index is 3.84. The van der Waals surface area contributed by atoms with Gasteiger partial charge in [-0.25, -0.2) is 0 Å². The highest BCUT2D eigenvalue weighted by molar-refractivity contribution is 5.19. The molecule has 0 radical (unpaired) electrons. The van der Waals surface area contributed by atoms with Crippen LogP contribution in [-0.4, -0.2) is 6.04 Å². The molecule has 0 aliphatic heterocycles. The van der Waals surface area contributed by atoms with Gasteiger partial charge in [0.25, 0.3) is 0 Å². The van der Waals surface area contributed by atoms with Crippen molar-refractivity contribution in [2.75, 3.05) is 0 Å². The Labute approximate surface area is 106 Å². The van der Waals surface area contributed by atoms with Crippen LogP contribution in [0.2, 0.25) is 0 Å². The molecule has 1 aliphatic rings. The summed E-state index contributed by atoms with van der Waals surface area (Å²) in [7, 11) is 0. The van der Waals surface area contributed by atoms with Gasteiger partial charge in [-0.3, -0.25) is 0 Å². The van der Waals surface area contributed by atoms with Gasteiger partial charge in [0.05, 0.1) is 0 Å². The number of hydrogen-bond acceptors (Lipinski definition) is 1. The first-order chi connectivity index (χ1) is 8.35. The molecule has 0 amide bonds. The van der Waals surface area contributed by atoms with Gasteiger partial charge < -0.3 is 5.32 Å². The van der Waals surface area contributed by atoms with Crippen molar-refractivity contribution in [3.8, 4) is 0 Å². The summed E-state index contributed by atoms with van der Waals surface area (Å²) in [5.74, 6) is 0.933. The first-order valence-electron chi connectivity index (χ1n) is 7.16. The van der Waals surface area contributed by atoms with Gasteiger partial charge >= 0.3 is 0 Å². The van der Waals surface area contributed by atoms with E-state index in [1.807, 2.05) is 0 Å². The van der Waals surface area contributed by atoms with Crippen LogP contribution in [0, 0.1) is 5.92 Å². The second-order valence-corrected chi connectivity index (χ2v) is 5.28. The van der Waals surface area contributed by atoms with Crippen LogP contribution in [0.15, 0.2) is 30.3 Å². The van der Waals surface area contributed by atoms with E-state index in [-0.39, 0.29) is 0 Å². The van der Waals surface area contributed by atoms with Gasteiger partial charge in [0, 0.05) is 12.1 Å². The smallest absolute Gasteiger partial charge is 0.0322 e. The van der Waals surface area contributed by atoms with Gasteiger partial charge in [0.15, 0.2) is 0 Å². The van der Waals surface area contributed by atoms with Crippen LogP contribution >= 0.6 is 0 Å². The normalized spacial score (nSPS) is 24.6. The summed E-state index contributed by atoms with van der Waals surface area (Å²) in [5, 5.41) is 3.84. The monoisotopic (exact) mass is 231 g/mol. The molecule has 17 heavy (non-hydrogen) atoms. The summed E-state index contributed by atoms with van der Waals surface area (Å²) in [6.07, 6.45) is 6.58. The first kappa shape index (κ1) is 12.6. The van der Waals surface area contributed by atoms with Gasteiger partial charge in [0.1, 0.15) is 0 Å². The van der Waals surface area contributed by atoms with Gasteiger partial charge in [-0.2, -0.15) is 0 Å². The highest BCUT2D eigenvalue weighted by atomic mass is 15.0. The summed E-state index contributed by atoms with van der Waals surface area (Å²) in [5.41, 5.74) is 1.46. The van der Waals surface area contributed by atoms with Gasteiger partial charge in [0.2, 0.25) is 0 Å². The van der Waals surface area contributed by atoms with Gasteiger partial charge in [-0.15, -0.1) is 0 Å². The van der Waals surface area contributed by atoms with Crippen molar-refractivity contribution in [2.45, 2.75) is 58.0 Å². The number of unbranched alkanes of at least 4 members (excludes halogenated alkanes) is 1. The molecule has 1 N–H and O–H groups in total. The second-order valence-electron chi connectivity index (χ2n) is 5.28. The minimum Gasteiger partial charge on any atom is -0.307 e. The molecule has 1 heteroatoms. The molecule has 0 heterocycles. The van der Waals surface area contributed by atoms with Gasteiger partial charge in [-0.1, -0.05) is 63.4 Å². The molecule has 1 nitrogen and oxygen atoms in total. The zero-order valence-corrected chi connectivity index (χ0v) is 11.2. The molecule has 0 saturated heterocycles. The fourth-order valence-electron chi connectivity index (χ4n) is 2.60. The van der Waals surface area contributed by atoms with Gasteiger partial charge in [-0.05, 0) is 24.3 Å². The van der Waals surface area contributed by atoms with Crippen molar-refractivity contribution in [3.05, 3.63) is 35.9 Å². The minimum absolute atomic E-state index is 0.567. The molecule has 3 atom stereocenters. The molecular formula is C16H25N. The molecule has 1 fully saturated rings. The molecule has 1 aromatic rings. The van der Waals surface area contributed by atoms with E-state index in [0.29, 0.717) is 6.04 Å². The molecule has 94 valence electrons. The van der Waals surface area contributed by atoms with E-state index in [0.717, 1.165) is 12.0 Å². The quantitative estimate of drug-likeness (QED) is 0.737. The Morgan fingerprint density at radius 1 is 1.24 bits per heavy atom. The third kappa shape index (κ3) is 3.57. The maximum Gasteiger partial charge on any atom is 0.0322 e. The Morgan fingerprint density at radius 3 is 2.59 bits per heavy atom. The lowest BCUT2D eigenvalue weighted by Crippen LogP contribution is -2.24. The van der Waals surface area contributed by atoms with E-state index in [1.165, 1.54) is 37.7 Å². The Morgan fingerprint density at radius 2 is 2.00 bits per heavy atom. The Bertz CT molecular complexity index is 320. The predicted molar refractivity (Wildman–Crippen MR) is 74.0 cm³/mol. The van der Waals surface area contributed by atoms with Crippen molar-refractivity contribution in [2.24, 2.45) is 5.92 Å². The summed E-state index contributed by atoms with van der Waals surface area (Å²) in [6.45, 7) is 4.57. The fraction of sp³-hybridized carbons (Fsp3) is 0.625. The molecule has 1 aliphatic carbocycles. The SMILES string of the molecule is CCCCC(NC1CC1CC)c1ccccc1. The molecule has 0 bridgehead atoms. The van der Waals surface area contributed by atoms with E-state index in [4.69, 9.17) is 0 Å².